The van der Waals surface area contributed by atoms with Crippen molar-refractivity contribution in [1.82, 2.24) is 10.2 Å². The third-order valence-corrected chi connectivity index (χ3v) is 4.11. The zero-order valence-electron chi connectivity index (χ0n) is 15.0. The average molecular weight is 356 g/mol. The van der Waals surface area contributed by atoms with Gasteiger partial charge in [-0.15, -0.1) is 0 Å². The number of morpholine rings is 1. The van der Waals surface area contributed by atoms with Crippen LogP contribution >= 0.6 is 11.8 Å². The van der Waals surface area contributed by atoms with E-state index in [1.165, 1.54) is 0 Å². The van der Waals surface area contributed by atoms with Crippen molar-refractivity contribution < 1.29 is 18.7 Å². The van der Waals surface area contributed by atoms with Crippen molar-refractivity contribution in [3.8, 4) is 0 Å². The summed E-state index contributed by atoms with van der Waals surface area (Å²) in [6.07, 6.45) is 1.77. The Balaban J connectivity index is 1.83. The van der Waals surface area contributed by atoms with Crippen LogP contribution in [0.15, 0.2) is 16.5 Å². The van der Waals surface area contributed by atoms with Crippen LogP contribution in [0.5, 0.6) is 0 Å². The smallest absolute Gasteiger partial charge is 0.410 e. The first-order chi connectivity index (χ1) is 11.4. The fourth-order valence-electron chi connectivity index (χ4n) is 2.48. The lowest BCUT2D eigenvalue weighted by atomic mass is 10.2. The minimum atomic E-state index is -0.491. The molecule has 0 saturated carbocycles. The zero-order valence-corrected chi connectivity index (χ0v) is 15.8. The van der Waals surface area contributed by atoms with E-state index in [4.69, 9.17) is 13.9 Å². The molecule has 136 valence electrons. The molecule has 0 radical (unpaired) electrons. The van der Waals surface area contributed by atoms with Gasteiger partial charge in [-0.25, -0.2) is 4.79 Å². The van der Waals surface area contributed by atoms with E-state index in [2.05, 4.69) is 11.6 Å². The molecule has 1 aromatic rings. The lowest BCUT2D eigenvalue weighted by molar-refractivity contribution is -0.0318. The molecule has 2 heterocycles. The summed E-state index contributed by atoms with van der Waals surface area (Å²) in [5, 5.41) is 3.34. The van der Waals surface area contributed by atoms with E-state index in [1.54, 1.807) is 16.7 Å². The highest BCUT2D eigenvalue weighted by molar-refractivity contribution is 7.97. The Hall–Kier alpha value is -1.18. The fraction of sp³-hybridized carbons (Fsp3) is 0.706. The third-order valence-electron chi connectivity index (χ3n) is 3.54. The highest BCUT2D eigenvalue weighted by atomic mass is 32.2. The fourth-order valence-corrected chi connectivity index (χ4v) is 2.92. The van der Waals surface area contributed by atoms with E-state index >= 15 is 0 Å². The molecular formula is C17H28N2O4S. The van der Waals surface area contributed by atoms with Crippen LogP contribution in [0, 0.1) is 0 Å². The molecule has 0 spiro atoms. The molecule has 1 aliphatic heterocycles. The van der Waals surface area contributed by atoms with Crippen LogP contribution in [0.3, 0.4) is 0 Å². The summed E-state index contributed by atoms with van der Waals surface area (Å²) >= 11 is 1.73. The van der Waals surface area contributed by atoms with E-state index < -0.39 is 5.60 Å². The maximum absolute atomic E-state index is 12.3. The molecule has 0 aromatic carbocycles. The molecule has 1 aromatic heterocycles. The maximum Gasteiger partial charge on any atom is 0.410 e. The van der Waals surface area contributed by atoms with Gasteiger partial charge in [-0.3, -0.25) is 4.90 Å². The van der Waals surface area contributed by atoms with Crippen molar-refractivity contribution in [3.63, 3.8) is 0 Å². The van der Waals surface area contributed by atoms with Crippen molar-refractivity contribution in [2.75, 3.05) is 32.6 Å². The van der Waals surface area contributed by atoms with Crippen molar-refractivity contribution in [1.29, 1.82) is 0 Å². The van der Waals surface area contributed by atoms with Crippen molar-refractivity contribution in [2.45, 2.75) is 44.7 Å². The Morgan fingerprint density at radius 2 is 2.17 bits per heavy atom. The maximum atomic E-state index is 12.3. The highest BCUT2D eigenvalue weighted by Crippen LogP contribution is 2.15. The summed E-state index contributed by atoms with van der Waals surface area (Å²) in [4.78, 5) is 14.1. The first kappa shape index (κ1) is 19.1. The molecule has 7 heteroatoms. The Labute approximate surface area is 148 Å². The molecular weight excluding hydrogens is 328 g/mol. The summed E-state index contributed by atoms with van der Waals surface area (Å²) < 4.78 is 16.7. The lowest BCUT2D eigenvalue weighted by Gasteiger charge is -2.36. The van der Waals surface area contributed by atoms with Crippen LogP contribution in [0.25, 0.3) is 0 Å². The summed E-state index contributed by atoms with van der Waals surface area (Å²) in [7, 11) is 0. The normalized spacial score (nSPS) is 18.7. The second-order valence-corrected chi connectivity index (χ2v) is 7.70. The van der Waals surface area contributed by atoms with Gasteiger partial charge in [0, 0.05) is 13.1 Å². The van der Waals surface area contributed by atoms with Crippen LogP contribution in [0.4, 0.5) is 4.79 Å². The summed E-state index contributed by atoms with van der Waals surface area (Å²) in [6.45, 7) is 8.52. The van der Waals surface area contributed by atoms with E-state index in [0.717, 1.165) is 17.3 Å². The number of nitrogens with one attached hydrogen (secondary N) is 1. The number of carbonyl (C=O) groups excluding carboxylic acids is 1. The van der Waals surface area contributed by atoms with Gasteiger partial charge in [0.25, 0.3) is 0 Å². The molecule has 1 unspecified atom stereocenters. The summed E-state index contributed by atoms with van der Waals surface area (Å²) in [5.74, 6) is 2.76. The van der Waals surface area contributed by atoms with Gasteiger partial charge in [0.1, 0.15) is 17.1 Å². The quantitative estimate of drug-likeness (QED) is 0.846. The van der Waals surface area contributed by atoms with Gasteiger partial charge in [0.15, 0.2) is 0 Å². The van der Waals surface area contributed by atoms with Crippen LogP contribution in [0.1, 0.15) is 32.3 Å². The van der Waals surface area contributed by atoms with Gasteiger partial charge < -0.3 is 19.2 Å². The Morgan fingerprint density at radius 1 is 1.42 bits per heavy atom. The van der Waals surface area contributed by atoms with Crippen LogP contribution in [0.2, 0.25) is 0 Å². The SMILES string of the molecule is CSCc1ccc(CNCC2COCCN2C(=O)OC(C)(C)C)o1. The Morgan fingerprint density at radius 3 is 2.88 bits per heavy atom. The molecule has 1 N–H and O–H groups in total. The summed E-state index contributed by atoms with van der Waals surface area (Å²) in [6, 6.07) is 3.96. The van der Waals surface area contributed by atoms with Crippen molar-refractivity contribution in [3.05, 3.63) is 23.7 Å². The molecule has 1 aliphatic rings. The first-order valence-electron chi connectivity index (χ1n) is 8.23. The van der Waals surface area contributed by atoms with Crippen LogP contribution < -0.4 is 5.32 Å². The zero-order chi connectivity index (χ0) is 17.6. The average Bonchev–Trinajstić information content (AvgIpc) is 2.94. The van der Waals surface area contributed by atoms with Gasteiger partial charge in [0.05, 0.1) is 31.6 Å². The molecule has 1 fully saturated rings. The topological polar surface area (TPSA) is 63.9 Å². The van der Waals surface area contributed by atoms with Gasteiger partial charge in [-0.2, -0.15) is 11.8 Å². The van der Waals surface area contributed by atoms with E-state index in [0.29, 0.717) is 32.8 Å². The molecule has 2 rings (SSSR count). The van der Waals surface area contributed by atoms with E-state index in [9.17, 15) is 4.79 Å². The van der Waals surface area contributed by atoms with Crippen LogP contribution in [-0.4, -0.2) is 55.2 Å². The second-order valence-electron chi connectivity index (χ2n) is 6.83. The highest BCUT2D eigenvalue weighted by Gasteiger charge is 2.30. The number of thioether (sulfide) groups is 1. The summed E-state index contributed by atoms with van der Waals surface area (Å²) in [5.41, 5.74) is -0.491. The number of furan rings is 1. The molecule has 1 amide bonds. The van der Waals surface area contributed by atoms with E-state index in [-0.39, 0.29) is 12.1 Å². The van der Waals surface area contributed by atoms with Gasteiger partial charge >= 0.3 is 6.09 Å². The lowest BCUT2D eigenvalue weighted by Crippen LogP contribution is -2.53. The second kappa shape index (κ2) is 8.78. The first-order valence-corrected chi connectivity index (χ1v) is 9.63. The largest absolute Gasteiger partial charge is 0.464 e. The molecule has 1 saturated heterocycles. The predicted octanol–water partition coefficient (Wildman–Crippen LogP) is 2.87. The number of hydrogen-bond acceptors (Lipinski definition) is 6. The minimum absolute atomic E-state index is 0.0331. The number of carbonyl (C=O) groups is 1. The predicted molar refractivity (Wildman–Crippen MR) is 95.2 cm³/mol. The Bertz CT molecular complexity index is 527. The molecule has 1 atom stereocenters. The Kier molecular flexibility index (Phi) is 7.01. The number of nitrogens with zero attached hydrogens (tertiary/aromatic N) is 1. The van der Waals surface area contributed by atoms with Crippen molar-refractivity contribution in [2.24, 2.45) is 0 Å². The molecule has 0 bridgehead atoms. The van der Waals surface area contributed by atoms with Gasteiger partial charge in [0.2, 0.25) is 0 Å². The third kappa shape index (κ3) is 6.03. The number of amides is 1. The monoisotopic (exact) mass is 356 g/mol. The number of hydrogen-bond donors (Lipinski definition) is 1. The van der Waals surface area contributed by atoms with Gasteiger partial charge in [-0.1, -0.05) is 0 Å². The molecule has 0 aliphatic carbocycles. The van der Waals surface area contributed by atoms with Gasteiger partial charge in [-0.05, 0) is 39.2 Å². The molecule has 24 heavy (non-hydrogen) atoms. The number of rotatable bonds is 6. The van der Waals surface area contributed by atoms with Crippen LogP contribution in [-0.2, 0) is 21.8 Å². The number of ether oxygens (including phenoxy) is 2. The van der Waals surface area contributed by atoms with Crippen molar-refractivity contribution >= 4 is 17.9 Å². The standard InChI is InChI=1S/C17H28N2O4S/c1-17(2,3)23-16(20)19-7-8-21-11-13(19)9-18-10-14-5-6-15(22-14)12-24-4/h5-6,13,18H,7-12H2,1-4H3. The molecule has 6 nitrogen and oxygen atoms in total. The van der Waals surface area contributed by atoms with E-state index in [1.807, 2.05) is 32.9 Å². The minimum Gasteiger partial charge on any atom is -0.464 e.